The van der Waals surface area contributed by atoms with Gasteiger partial charge in [-0.1, -0.05) is 15.9 Å². The molecule has 2 aromatic heterocycles. The van der Waals surface area contributed by atoms with Crippen molar-refractivity contribution in [1.82, 2.24) is 14.5 Å². The Kier molecular flexibility index (Phi) is 5.46. The lowest BCUT2D eigenvalue weighted by Crippen LogP contribution is -2.20. The van der Waals surface area contributed by atoms with Gasteiger partial charge in [0.05, 0.1) is 18.3 Å². The maximum Gasteiger partial charge on any atom is 0.267 e. The normalized spacial score (nSPS) is 11.5. The summed E-state index contributed by atoms with van der Waals surface area (Å²) in [6.07, 6.45) is 2.71. The quantitative estimate of drug-likeness (QED) is 0.446. The van der Waals surface area contributed by atoms with E-state index >= 15 is 0 Å². The second-order valence-electron chi connectivity index (χ2n) is 6.34. The minimum atomic E-state index is -4.31. The summed E-state index contributed by atoms with van der Waals surface area (Å²) in [6, 6.07) is 11.4. The van der Waals surface area contributed by atoms with Gasteiger partial charge in [-0.25, -0.2) is 27.5 Å². The molecule has 0 fully saturated rings. The average Bonchev–Trinajstić information content (AvgIpc) is 2.74. The van der Waals surface area contributed by atoms with E-state index in [2.05, 4.69) is 30.6 Å². The molecule has 4 aromatic rings. The predicted molar refractivity (Wildman–Crippen MR) is 117 cm³/mol. The first-order valence-electron chi connectivity index (χ1n) is 8.79. The highest BCUT2D eigenvalue weighted by Crippen LogP contribution is 2.30. The molecule has 0 amide bonds. The zero-order valence-electron chi connectivity index (χ0n) is 15.9. The second-order valence-corrected chi connectivity index (χ2v) is 8.91. The van der Waals surface area contributed by atoms with Gasteiger partial charge in [-0.3, -0.25) is 9.36 Å². The summed E-state index contributed by atoms with van der Waals surface area (Å²) in [5.41, 5.74) is 0.131. The molecule has 0 saturated carbocycles. The Morgan fingerprint density at radius 2 is 1.84 bits per heavy atom. The number of halogens is 2. The molecule has 4 rings (SSSR count). The lowest BCUT2D eigenvalue weighted by atomic mass is 10.2. The van der Waals surface area contributed by atoms with E-state index in [0.29, 0.717) is 16.8 Å². The Morgan fingerprint density at radius 1 is 1.10 bits per heavy atom. The summed E-state index contributed by atoms with van der Waals surface area (Å²) in [5, 5.41) is 0.334. The Labute approximate surface area is 184 Å². The number of hydrogen-bond donors (Lipinski definition) is 1. The molecule has 0 radical (unpaired) electrons. The summed E-state index contributed by atoms with van der Waals surface area (Å²) in [7, 11) is -2.86. The highest BCUT2D eigenvalue weighted by molar-refractivity contribution is 9.10. The van der Waals surface area contributed by atoms with Gasteiger partial charge >= 0.3 is 0 Å². The van der Waals surface area contributed by atoms with Crippen LogP contribution in [-0.2, 0) is 10.0 Å². The van der Waals surface area contributed by atoms with Crippen LogP contribution in [0.25, 0.3) is 16.6 Å². The number of sulfonamides is 1. The Morgan fingerprint density at radius 3 is 2.55 bits per heavy atom. The monoisotopic (exact) mass is 504 g/mol. The standard InChI is InChI=1S/C20H14BrFN4O4S/c1-30-17-10-13(21)4-5-15(17)26-16-11-14(22)18(9-12(16)3-6-19(26)27)31(28,29)25-20-23-7-2-8-24-20/h2-11H,1H3,(H,23,24,25). The first-order chi connectivity index (χ1) is 14.8. The fourth-order valence-corrected chi connectivity index (χ4v) is 4.45. The van der Waals surface area contributed by atoms with Crippen molar-refractivity contribution in [2.75, 3.05) is 11.8 Å². The first kappa shape index (κ1) is 20.9. The SMILES string of the molecule is COc1cc(Br)ccc1-n1c(=O)ccc2cc(S(=O)(=O)Nc3ncccn3)c(F)cc21. The molecule has 0 aliphatic rings. The fraction of sp³-hybridized carbons (Fsp3) is 0.0500. The van der Waals surface area contributed by atoms with E-state index in [9.17, 15) is 17.6 Å². The van der Waals surface area contributed by atoms with Crippen molar-refractivity contribution in [3.8, 4) is 11.4 Å². The Balaban J connectivity index is 1.91. The number of nitrogens with zero attached hydrogens (tertiary/aromatic N) is 3. The van der Waals surface area contributed by atoms with Gasteiger partial charge in [0.25, 0.3) is 15.6 Å². The van der Waals surface area contributed by atoms with Crippen LogP contribution in [0, 0.1) is 5.82 Å². The van der Waals surface area contributed by atoms with Crippen molar-refractivity contribution in [3.05, 3.63) is 81.6 Å². The van der Waals surface area contributed by atoms with Crippen molar-refractivity contribution in [2.45, 2.75) is 4.90 Å². The summed E-state index contributed by atoms with van der Waals surface area (Å²) in [5.74, 6) is -0.845. The van der Waals surface area contributed by atoms with Gasteiger partial charge in [0, 0.05) is 34.4 Å². The number of methoxy groups -OCH3 is 1. The molecular weight excluding hydrogens is 491 g/mol. The number of fused-ring (bicyclic) bond motifs is 1. The molecule has 158 valence electrons. The van der Waals surface area contributed by atoms with E-state index in [4.69, 9.17) is 4.74 Å². The van der Waals surface area contributed by atoms with Crippen LogP contribution in [0.4, 0.5) is 10.3 Å². The van der Waals surface area contributed by atoms with Crippen molar-refractivity contribution < 1.29 is 17.5 Å². The largest absolute Gasteiger partial charge is 0.495 e. The highest BCUT2D eigenvalue weighted by atomic mass is 79.9. The first-order valence-corrected chi connectivity index (χ1v) is 11.1. The molecule has 1 N–H and O–H groups in total. The van der Waals surface area contributed by atoms with Crippen molar-refractivity contribution in [1.29, 1.82) is 0 Å². The molecular formula is C20H14BrFN4O4S. The molecule has 0 aliphatic carbocycles. The van der Waals surface area contributed by atoms with E-state index in [1.807, 2.05) is 0 Å². The van der Waals surface area contributed by atoms with E-state index in [1.54, 1.807) is 18.2 Å². The lowest BCUT2D eigenvalue weighted by Gasteiger charge is -2.15. The van der Waals surface area contributed by atoms with Gasteiger partial charge in [0.15, 0.2) is 0 Å². The maximum absolute atomic E-state index is 15.0. The average molecular weight is 505 g/mol. The molecule has 8 nitrogen and oxygen atoms in total. The van der Waals surface area contributed by atoms with E-state index < -0.39 is 26.3 Å². The van der Waals surface area contributed by atoms with Gasteiger partial charge < -0.3 is 4.74 Å². The van der Waals surface area contributed by atoms with Crippen LogP contribution in [0.5, 0.6) is 5.75 Å². The van der Waals surface area contributed by atoms with Crippen LogP contribution < -0.4 is 15.0 Å². The number of hydrogen-bond acceptors (Lipinski definition) is 6. The predicted octanol–water partition coefficient (Wildman–Crippen LogP) is 3.49. The van der Waals surface area contributed by atoms with Gasteiger partial charge in [-0.15, -0.1) is 0 Å². The van der Waals surface area contributed by atoms with Gasteiger partial charge in [0.1, 0.15) is 16.5 Å². The van der Waals surface area contributed by atoms with Crippen LogP contribution in [0.3, 0.4) is 0 Å². The molecule has 31 heavy (non-hydrogen) atoms. The minimum absolute atomic E-state index is 0.181. The summed E-state index contributed by atoms with van der Waals surface area (Å²) < 4.78 is 49.9. The van der Waals surface area contributed by atoms with Crippen LogP contribution in [0.1, 0.15) is 0 Å². The van der Waals surface area contributed by atoms with Gasteiger partial charge in [-0.05, 0) is 36.4 Å². The maximum atomic E-state index is 15.0. The molecule has 0 bridgehead atoms. The number of aromatic nitrogens is 3. The van der Waals surface area contributed by atoms with Crippen LogP contribution >= 0.6 is 15.9 Å². The zero-order valence-corrected chi connectivity index (χ0v) is 18.3. The van der Waals surface area contributed by atoms with E-state index in [-0.39, 0.29) is 11.5 Å². The number of rotatable bonds is 5. The van der Waals surface area contributed by atoms with Crippen molar-refractivity contribution in [2.24, 2.45) is 0 Å². The number of anilines is 1. The third kappa shape index (κ3) is 4.01. The number of ether oxygens (including phenoxy) is 1. The topological polar surface area (TPSA) is 103 Å². The lowest BCUT2D eigenvalue weighted by molar-refractivity contribution is 0.412. The third-order valence-corrected chi connectivity index (χ3v) is 6.25. The van der Waals surface area contributed by atoms with Crippen LogP contribution in [-0.4, -0.2) is 30.1 Å². The smallest absolute Gasteiger partial charge is 0.267 e. The molecule has 2 aromatic carbocycles. The Hall–Kier alpha value is -3.31. The van der Waals surface area contributed by atoms with Crippen molar-refractivity contribution >= 4 is 42.8 Å². The van der Waals surface area contributed by atoms with Gasteiger partial charge in [-0.2, -0.15) is 0 Å². The molecule has 0 spiro atoms. The third-order valence-electron chi connectivity index (χ3n) is 4.41. The Bertz CT molecular complexity index is 1460. The molecule has 0 atom stereocenters. The van der Waals surface area contributed by atoms with Gasteiger partial charge in [0.2, 0.25) is 5.95 Å². The minimum Gasteiger partial charge on any atom is -0.495 e. The van der Waals surface area contributed by atoms with Crippen LogP contribution in [0.2, 0.25) is 0 Å². The number of nitrogens with one attached hydrogen (secondary N) is 1. The van der Waals surface area contributed by atoms with Crippen LogP contribution in [0.15, 0.2) is 75.1 Å². The summed E-state index contributed by atoms with van der Waals surface area (Å²) >= 11 is 3.34. The zero-order chi connectivity index (χ0) is 22.2. The number of pyridine rings is 1. The molecule has 2 heterocycles. The van der Waals surface area contributed by atoms with Crippen molar-refractivity contribution in [3.63, 3.8) is 0 Å². The molecule has 0 unspecified atom stereocenters. The van der Waals surface area contributed by atoms with E-state index in [0.717, 1.165) is 16.6 Å². The van der Waals surface area contributed by atoms with E-state index in [1.165, 1.54) is 42.3 Å². The molecule has 11 heteroatoms. The number of benzene rings is 2. The highest BCUT2D eigenvalue weighted by Gasteiger charge is 2.23. The molecule has 0 saturated heterocycles. The second kappa shape index (κ2) is 8.08. The fourth-order valence-electron chi connectivity index (χ4n) is 3.06. The molecule has 0 aliphatic heterocycles. The summed E-state index contributed by atoms with van der Waals surface area (Å²) in [6.45, 7) is 0. The summed E-state index contributed by atoms with van der Waals surface area (Å²) in [4.78, 5) is 19.6.